The van der Waals surface area contributed by atoms with E-state index >= 15 is 0 Å². The predicted octanol–water partition coefficient (Wildman–Crippen LogP) is 0.301. The molecule has 16 heavy (non-hydrogen) atoms. The highest BCUT2D eigenvalue weighted by Gasteiger charge is 2.05. The third kappa shape index (κ3) is 7.36. The molecule has 0 spiro atoms. The van der Waals surface area contributed by atoms with Gasteiger partial charge in [-0.05, 0) is 6.92 Å². The molecule has 0 aromatic rings. The van der Waals surface area contributed by atoms with Crippen molar-refractivity contribution in [1.82, 2.24) is 5.32 Å². The van der Waals surface area contributed by atoms with Crippen molar-refractivity contribution in [2.24, 2.45) is 5.73 Å². The van der Waals surface area contributed by atoms with Gasteiger partial charge in [0.1, 0.15) is 0 Å². The van der Waals surface area contributed by atoms with Gasteiger partial charge in [-0.3, -0.25) is 0 Å². The monoisotopic (exact) mass is 230 g/mol. The van der Waals surface area contributed by atoms with Crippen LogP contribution in [0, 0.1) is 0 Å². The maximum Gasteiger partial charge on any atom is 0.415 e. The average Bonchev–Trinajstić information content (AvgIpc) is 2.15. The Hall–Kier alpha value is -2.05. The number of nitrogens with one attached hydrogen (secondary N) is 1. The molecule has 0 fully saturated rings. The van der Waals surface area contributed by atoms with E-state index in [9.17, 15) is 14.4 Å². The molecule has 0 atom stereocenters. The summed E-state index contributed by atoms with van der Waals surface area (Å²) in [6, 6.07) is -0.987. The summed E-state index contributed by atoms with van der Waals surface area (Å²) in [5.74, 6) is -0.499. The molecule has 7 heteroatoms. The van der Waals surface area contributed by atoms with Crippen molar-refractivity contribution in [2.45, 2.75) is 13.3 Å². The number of alkyl carbamates (subject to hydrolysis) is 1. The summed E-state index contributed by atoms with van der Waals surface area (Å²) in [7, 11) is 0. The summed E-state index contributed by atoms with van der Waals surface area (Å²) in [6.07, 6.45) is -0.607. The van der Waals surface area contributed by atoms with Gasteiger partial charge in [-0.25, -0.2) is 19.7 Å². The van der Waals surface area contributed by atoms with Gasteiger partial charge in [0.15, 0.2) is 0 Å². The van der Waals surface area contributed by atoms with E-state index in [1.54, 1.807) is 5.32 Å². The van der Waals surface area contributed by atoms with Crippen molar-refractivity contribution in [3.8, 4) is 0 Å². The molecule has 0 saturated carbocycles. The van der Waals surface area contributed by atoms with Gasteiger partial charge in [0.25, 0.3) is 0 Å². The number of carbonyl (C=O) groups is 3. The molecule has 0 aliphatic rings. The van der Waals surface area contributed by atoms with Crippen LogP contribution >= 0.6 is 0 Å². The number of primary amides is 1. The van der Waals surface area contributed by atoms with Crippen molar-refractivity contribution in [3.63, 3.8) is 0 Å². The minimum atomic E-state index is -0.987. The second-order valence-corrected chi connectivity index (χ2v) is 2.89. The Morgan fingerprint density at radius 1 is 1.25 bits per heavy atom. The molecule has 0 bridgehead atoms. The van der Waals surface area contributed by atoms with Crippen LogP contribution in [-0.4, -0.2) is 31.3 Å². The van der Waals surface area contributed by atoms with E-state index in [0.717, 1.165) is 0 Å². The zero-order valence-electron chi connectivity index (χ0n) is 8.95. The highest BCUT2D eigenvalue weighted by atomic mass is 16.6. The topological polar surface area (TPSA) is 108 Å². The molecule has 0 aliphatic carbocycles. The molecule has 0 unspecified atom stereocenters. The normalized spacial score (nSPS) is 9.06. The van der Waals surface area contributed by atoms with Crippen molar-refractivity contribution in [2.75, 3.05) is 13.2 Å². The fourth-order valence-corrected chi connectivity index (χ4v) is 0.649. The fraction of sp³-hybridized carbons (Fsp3) is 0.444. The lowest BCUT2D eigenvalue weighted by atomic mass is 10.4. The smallest absolute Gasteiger partial charge is 0.415 e. The van der Waals surface area contributed by atoms with Gasteiger partial charge in [0.2, 0.25) is 0 Å². The van der Waals surface area contributed by atoms with Crippen LogP contribution in [0.4, 0.5) is 9.59 Å². The number of esters is 1. The zero-order valence-corrected chi connectivity index (χ0v) is 8.95. The number of hydrogen-bond acceptors (Lipinski definition) is 5. The summed E-state index contributed by atoms with van der Waals surface area (Å²) in [4.78, 5) is 31.8. The van der Waals surface area contributed by atoms with Crippen LogP contribution in [0.2, 0.25) is 0 Å². The molecule has 0 aromatic carbocycles. The number of urea groups is 1. The Balaban J connectivity index is 3.47. The molecule has 0 saturated heterocycles. The highest BCUT2D eigenvalue weighted by molar-refractivity contribution is 5.89. The number of hydrogen-bond donors (Lipinski definition) is 2. The number of carbonyl (C=O) groups excluding carboxylic acids is 3. The van der Waals surface area contributed by atoms with E-state index in [4.69, 9.17) is 4.74 Å². The second kappa shape index (κ2) is 7.27. The van der Waals surface area contributed by atoms with E-state index in [-0.39, 0.29) is 13.2 Å². The summed E-state index contributed by atoms with van der Waals surface area (Å²) < 4.78 is 9.26. The Bertz CT molecular complexity index is 300. The Labute approximate surface area is 92.6 Å². The summed E-state index contributed by atoms with van der Waals surface area (Å²) >= 11 is 0. The predicted molar refractivity (Wildman–Crippen MR) is 54.5 cm³/mol. The lowest BCUT2D eigenvalue weighted by Gasteiger charge is -2.05. The molecule has 0 radical (unpaired) electrons. The van der Waals surface area contributed by atoms with Crippen molar-refractivity contribution in [3.05, 3.63) is 12.2 Å². The SMILES string of the molecule is C=C(C)C(=O)OCCCOC(=O)NC(N)=O. The fourth-order valence-electron chi connectivity index (χ4n) is 0.649. The molecule has 3 N–H and O–H groups in total. The Morgan fingerprint density at radius 2 is 1.81 bits per heavy atom. The van der Waals surface area contributed by atoms with E-state index in [1.165, 1.54) is 6.92 Å². The number of rotatable bonds is 5. The third-order valence-corrected chi connectivity index (χ3v) is 1.33. The van der Waals surface area contributed by atoms with Gasteiger partial charge in [-0.1, -0.05) is 6.58 Å². The molecular weight excluding hydrogens is 216 g/mol. The Morgan fingerprint density at radius 3 is 2.31 bits per heavy atom. The lowest BCUT2D eigenvalue weighted by Crippen LogP contribution is -2.35. The minimum absolute atomic E-state index is 0.0165. The second-order valence-electron chi connectivity index (χ2n) is 2.89. The van der Waals surface area contributed by atoms with E-state index < -0.39 is 18.1 Å². The standard InChI is InChI=1S/C9H14N2O5/c1-6(2)7(12)15-4-3-5-16-9(14)11-8(10)13/h1,3-5H2,2H3,(H3,10,11,13,14). The molecule has 90 valence electrons. The molecule has 0 aromatic heterocycles. The number of amides is 3. The lowest BCUT2D eigenvalue weighted by molar-refractivity contribution is -0.139. The van der Waals surface area contributed by atoms with Crippen molar-refractivity contribution >= 4 is 18.1 Å². The molecule has 0 heterocycles. The van der Waals surface area contributed by atoms with E-state index in [1.807, 2.05) is 0 Å². The van der Waals surface area contributed by atoms with Gasteiger partial charge in [-0.2, -0.15) is 0 Å². The summed E-state index contributed by atoms with van der Waals surface area (Å²) in [5.41, 5.74) is 4.97. The van der Waals surface area contributed by atoms with Crippen LogP contribution in [0.5, 0.6) is 0 Å². The maximum absolute atomic E-state index is 10.9. The maximum atomic E-state index is 10.9. The Kier molecular flexibility index (Phi) is 6.34. The van der Waals surface area contributed by atoms with Crippen molar-refractivity contribution in [1.29, 1.82) is 0 Å². The van der Waals surface area contributed by atoms with Crippen LogP contribution in [0.25, 0.3) is 0 Å². The molecule has 7 nitrogen and oxygen atoms in total. The molecule has 0 rings (SSSR count). The van der Waals surface area contributed by atoms with Crippen LogP contribution in [-0.2, 0) is 14.3 Å². The van der Waals surface area contributed by atoms with Crippen molar-refractivity contribution < 1.29 is 23.9 Å². The van der Waals surface area contributed by atoms with Crippen LogP contribution in [0.3, 0.4) is 0 Å². The average molecular weight is 230 g/mol. The minimum Gasteiger partial charge on any atom is -0.462 e. The molecule has 3 amide bonds. The third-order valence-electron chi connectivity index (χ3n) is 1.33. The van der Waals surface area contributed by atoms with Gasteiger partial charge in [-0.15, -0.1) is 0 Å². The van der Waals surface area contributed by atoms with E-state index in [2.05, 4.69) is 17.0 Å². The first-order valence-corrected chi connectivity index (χ1v) is 4.49. The quantitative estimate of drug-likeness (QED) is 0.401. The van der Waals surface area contributed by atoms with Gasteiger partial charge in [0.05, 0.1) is 13.2 Å². The van der Waals surface area contributed by atoms with Crippen LogP contribution in [0.15, 0.2) is 12.2 Å². The zero-order chi connectivity index (χ0) is 12.6. The van der Waals surface area contributed by atoms with Crippen LogP contribution in [0.1, 0.15) is 13.3 Å². The largest absolute Gasteiger partial charge is 0.462 e. The van der Waals surface area contributed by atoms with Gasteiger partial charge >= 0.3 is 18.1 Å². The summed E-state index contributed by atoms with van der Waals surface area (Å²) in [5, 5.41) is 1.72. The number of imide groups is 1. The summed E-state index contributed by atoms with van der Waals surface area (Å²) in [6.45, 7) is 5.04. The first-order chi connectivity index (χ1) is 7.43. The molecule has 0 aliphatic heterocycles. The number of ether oxygens (including phenoxy) is 2. The first-order valence-electron chi connectivity index (χ1n) is 4.49. The number of nitrogens with two attached hydrogens (primary N) is 1. The van der Waals surface area contributed by atoms with E-state index in [0.29, 0.717) is 12.0 Å². The van der Waals surface area contributed by atoms with Gasteiger partial charge < -0.3 is 15.2 Å². The first kappa shape index (κ1) is 13.9. The molecular formula is C9H14N2O5. The highest BCUT2D eigenvalue weighted by Crippen LogP contribution is 1.93. The van der Waals surface area contributed by atoms with Crippen LogP contribution < -0.4 is 11.1 Å². The van der Waals surface area contributed by atoms with Gasteiger partial charge in [0, 0.05) is 12.0 Å².